The van der Waals surface area contributed by atoms with Crippen LogP contribution in [0.4, 0.5) is 4.79 Å². The van der Waals surface area contributed by atoms with Crippen molar-refractivity contribution in [2.45, 2.75) is 12.8 Å². The van der Waals surface area contributed by atoms with E-state index in [0.29, 0.717) is 0 Å². The number of hydrogen-bond acceptors (Lipinski definition) is 2. The maximum absolute atomic E-state index is 12.2. The number of fused-ring (bicyclic) bond motifs is 1. The third kappa shape index (κ3) is 2.01. The van der Waals surface area contributed by atoms with E-state index in [4.69, 9.17) is 0 Å². The van der Waals surface area contributed by atoms with Gasteiger partial charge in [-0.3, -0.25) is 4.57 Å². The van der Waals surface area contributed by atoms with Crippen LogP contribution >= 0.6 is 0 Å². The highest BCUT2D eigenvalue weighted by molar-refractivity contribution is 5.76. The topological polar surface area (TPSA) is 38.1 Å². The zero-order chi connectivity index (χ0) is 12.4. The van der Waals surface area contributed by atoms with E-state index in [1.165, 1.54) is 15.7 Å². The summed E-state index contributed by atoms with van der Waals surface area (Å²) in [6.45, 7) is 1.54. The molecule has 1 aliphatic heterocycles. The van der Waals surface area contributed by atoms with Gasteiger partial charge in [0.05, 0.1) is 0 Å². The van der Waals surface area contributed by atoms with Crippen molar-refractivity contribution in [1.29, 1.82) is 0 Å². The van der Waals surface area contributed by atoms with E-state index in [0.717, 1.165) is 25.9 Å². The second kappa shape index (κ2) is 4.64. The fourth-order valence-corrected chi connectivity index (χ4v) is 2.39. The van der Waals surface area contributed by atoms with Gasteiger partial charge in [-0.1, -0.05) is 24.3 Å². The molecule has 1 aromatic carbocycles. The van der Waals surface area contributed by atoms with Crippen molar-refractivity contribution in [2.24, 2.45) is 0 Å². The lowest BCUT2D eigenvalue weighted by Crippen LogP contribution is -2.36. The summed E-state index contributed by atoms with van der Waals surface area (Å²) in [5.74, 6) is 0. The van der Waals surface area contributed by atoms with E-state index in [1.807, 2.05) is 4.90 Å². The molecule has 0 radical (unpaired) electrons. The fraction of sp³-hybridized carbons (Fsp3) is 0.286. The standard InChI is InChI=1S/C14H15N3O/c18-14(17-10-7-15-11-17)16-8-5-12-3-1-2-4-13(12)6-9-16/h1-4,7,10-11H,5-6,8-9H2. The van der Waals surface area contributed by atoms with Crippen molar-refractivity contribution >= 4 is 6.03 Å². The molecule has 0 unspecified atom stereocenters. The smallest absolute Gasteiger partial charge is 0.323 e. The summed E-state index contributed by atoms with van der Waals surface area (Å²) in [5.41, 5.74) is 2.72. The summed E-state index contributed by atoms with van der Waals surface area (Å²) in [6.07, 6.45) is 6.73. The third-order valence-corrected chi connectivity index (χ3v) is 3.42. The summed E-state index contributed by atoms with van der Waals surface area (Å²) in [5, 5.41) is 0. The molecule has 2 heterocycles. The van der Waals surface area contributed by atoms with Gasteiger partial charge >= 0.3 is 6.03 Å². The van der Waals surface area contributed by atoms with Crippen LogP contribution in [0.3, 0.4) is 0 Å². The SMILES string of the molecule is O=C(N1CCc2ccccc2CC1)n1ccnc1. The summed E-state index contributed by atoms with van der Waals surface area (Å²) in [4.78, 5) is 18.0. The van der Waals surface area contributed by atoms with Crippen LogP contribution in [0, 0.1) is 0 Å². The van der Waals surface area contributed by atoms with Crippen LogP contribution in [-0.2, 0) is 12.8 Å². The first-order valence-corrected chi connectivity index (χ1v) is 6.18. The van der Waals surface area contributed by atoms with Gasteiger partial charge in [0, 0.05) is 25.5 Å². The normalized spacial score (nSPS) is 15.0. The van der Waals surface area contributed by atoms with Gasteiger partial charge in [-0.2, -0.15) is 0 Å². The molecule has 1 aliphatic rings. The highest BCUT2D eigenvalue weighted by Crippen LogP contribution is 2.16. The van der Waals surface area contributed by atoms with E-state index in [9.17, 15) is 4.79 Å². The van der Waals surface area contributed by atoms with Gasteiger partial charge in [-0.05, 0) is 24.0 Å². The molecule has 0 atom stereocenters. The number of rotatable bonds is 0. The van der Waals surface area contributed by atoms with E-state index in [1.54, 1.807) is 18.7 Å². The van der Waals surface area contributed by atoms with Crippen molar-refractivity contribution in [3.8, 4) is 0 Å². The lowest BCUT2D eigenvalue weighted by atomic mass is 10.0. The van der Waals surface area contributed by atoms with E-state index < -0.39 is 0 Å². The Morgan fingerprint density at radius 1 is 1.11 bits per heavy atom. The Labute approximate surface area is 106 Å². The Bertz CT molecular complexity index is 521. The van der Waals surface area contributed by atoms with Crippen LogP contribution < -0.4 is 0 Å². The maximum atomic E-state index is 12.2. The molecule has 0 N–H and O–H groups in total. The number of aromatic nitrogens is 2. The molecule has 0 bridgehead atoms. The zero-order valence-corrected chi connectivity index (χ0v) is 10.1. The Morgan fingerprint density at radius 3 is 2.33 bits per heavy atom. The predicted octanol–water partition coefficient (Wildman–Crippen LogP) is 1.95. The third-order valence-electron chi connectivity index (χ3n) is 3.42. The minimum atomic E-state index is 0.0142. The average molecular weight is 241 g/mol. The molecule has 0 saturated heterocycles. The van der Waals surface area contributed by atoms with Crippen LogP contribution in [0.1, 0.15) is 11.1 Å². The molecule has 1 aromatic heterocycles. The Kier molecular flexibility index (Phi) is 2.84. The first kappa shape index (κ1) is 11.0. The van der Waals surface area contributed by atoms with Crippen LogP contribution in [0.25, 0.3) is 0 Å². The molecule has 0 fully saturated rings. The van der Waals surface area contributed by atoms with E-state index in [-0.39, 0.29) is 6.03 Å². The molecule has 4 nitrogen and oxygen atoms in total. The number of benzene rings is 1. The van der Waals surface area contributed by atoms with Crippen LogP contribution in [-0.4, -0.2) is 33.6 Å². The lowest BCUT2D eigenvalue weighted by Gasteiger charge is -2.19. The fourth-order valence-electron chi connectivity index (χ4n) is 2.39. The van der Waals surface area contributed by atoms with Gasteiger partial charge in [-0.25, -0.2) is 9.78 Å². The number of carbonyl (C=O) groups excluding carboxylic acids is 1. The van der Waals surface area contributed by atoms with E-state index >= 15 is 0 Å². The number of nitrogens with zero attached hydrogens (tertiary/aromatic N) is 3. The average Bonchev–Trinajstić information content (AvgIpc) is 2.85. The van der Waals surface area contributed by atoms with Crippen LogP contribution in [0.5, 0.6) is 0 Å². The quantitative estimate of drug-likeness (QED) is 0.707. The van der Waals surface area contributed by atoms with Gasteiger partial charge in [0.25, 0.3) is 0 Å². The lowest BCUT2D eigenvalue weighted by molar-refractivity contribution is 0.202. The molecule has 2 aromatic rings. The predicted molar refractivity (Wildman–Crippen MR) is 68.4 cm³/mol. The molecular weight excluding hydrogens is 226 g/mol. The Morgan fingerprint density at radius 2 is 1.78 bits per heavy atom. The number of hydrogen-bond donors (Lipinski definition) is 0. The molecule has 1 amide bonds. The highest BCUT2D eigenvalue weighted by Gasteiger charge is 2.18. The molecular formula is C14H15N3O. The van der Waals surface area contributed by atoms with Gasteiger partial charge in [-0.15, -0.1) is 0 Å². The Balaban J connectivity index is 1.77. The van der Waals surface area contributed by atoms with Gasteiger partial charge in [0.1, 0.15) is 6.33 Å². The first-order chi connectivity index (χ1) is 8.84. The van der Waals surface area contributed by atoms with Crippen LogP contribution in [0.2, 0.25) is 0 Å². The first-order valence-electron chi connectivity index (χ1n) is 6.18. The van der Waals surface area contributed by atoms with Gasteiger partial charge in [0.2, 0.25) is 0 Å². The summed E-state index contributed by atoms with van der Waals surface area (Å²) in [6, 6.07) is 8.44. The van der Waals surface area contributed by atoms with Gasteiger partial charge < -0.3 is 4.90 Å². The maximum Gasteiger partial charge on any atom is 0.329 e. The second-order valence-corrected chi connectivity index (χ2v) is 4.51. The number of amides is 1. The minimum absolute atomic E-state index is 0.0142. The molecule has 92 valence electrons. The van der Waals surface area contributed by atoms with Crippen molar-refractivity contribution < 1.29 is 4.79 Å². The molecule has 3 rings (SSSR count). The molecule has 18 heavy (non-hydrogen) atoms. The van der Waals surface area contributed by atoms with Crippen LogP contribution in [0.15, 0.2) is 43.0 Å². The second-order valence-electron chi connectivity index (χ2n) is 4.51. The molecule has 4 heteroatoms. The van der Waals surface area contributed by atoms with Crippen molar-refractivity contribution in [1.82, 2.24) is 14.5 Å². The molecule has 0 aliphatic carbocycles. The number of carbonyl (C=O) groups is 1. The monoisotopic (exact) mass is 241 g/mol. The summed E-state index contributed by atoms with van der Waals surface area (Å²) >= 11 is 0. The summed E-state index contributed by atoms with van der Waals surface area (Å²) < 4.78 is 1.54. The summed E-state index contributed by atoms with van der Waals surface area (Å²) in [7, 11) is 0. The zero-order valence-electron chi connectivity index (χ0n) is 10.1. The molecule has 0 spiro atoms. The van der Waals surface area contributed by atoms with Crippen molar-refractivity contribution in [2.75, 3.05) is 13.1 Å². The Hall–Kier alpha value is -2.10. The van der Waals surface area contributed by atoms with E-state index in [2.05, 4.69) is 29.2 Å². The van der Waals surface area contributed by atoms with Gasteiger partial charge in [0.15, 0.2) is 0 Å². The van der Waals surface area contributed by atoms with Crippen molar-refractivity contribution in [3.05, 3.63) is 54.1 Å². The molecule has 0 saturated carbocycles. The van der Waals surface area contributed by atoms with Crippen molar-refractivity contribution in [3.63, 3.8) is 0 Å². The largest absolute Gasteiger partial charge is 0.329 e. The minimum Gasteiger partial charge on any atom is -0.323 e. The highest BCUT2D eigenvalue weighted by atomic mass is 16.2. The number of imidazole rings is 1.